The van der Waals surface area contributed by atoms with Crippen molar-refractivity contribution < 1.29 is 14.3 Å². The van der Waals surface area contributed by atoms with Gasteiger partial charge in [0, 0.05) is 28.5 Å². The van der Waals surface area contributed by atoms with E-state index in [1.165, 1.54) is 0 Å². The zero-order valence-electron chi connectivity index (χ0n) is 28.5. The van der Waals surface area contributed by atoms with Gasteiger partial charge in [0.2, 0.25) is 0 Å². The van der Waals surface area contributed by atoms with Crippen molar-refractivity contribution in [3.63, 3.8) is 0 Å². The Balaban J connectivity index is 1.31. The van der Waals surface area contributed by atoms with E-state index in [9.17, 15) is 0 Å². The van der Waals surface area contributed by atoms with Crippen LogP contribution in [0.1, 0.15) is 39.6 Å². The summed E-state index contributed by atoms with van der Waals surface area (Å²) in [6.07, 6.45) is 0.446. The Morgan fingerprint density at radius 2 is 1.35 bits per heavy atom. The number of ether oxygens (including phenoxy) is 2. The summed E-state index contributed by atoms with van der Waals surface area (Å²) in [5.41, 5.74) is 9.15. The molecular weight excluding hydrogens is 635 g/mol. The molecule has 0 saturated heterocycles. The Bertz CT molecular complexity index is 2400. The predicted octanol–water partition coefficient (Wildman–Crippen LogP) is 9.07. The first-order chi connectivity index (χ1) is 25.0. The fourth-order valence-electron chi connectivity index (χ4n) is 6.63. The first kappa shape index (κ1) is 31.7. The number of aromatic nitrogens is 3. The standard InChI is InChI=1S/C43H35N5O3/c1-28-18-20-30(21-19-28)36-25-34(33-16-10-11-17-35(33)44-36)43(49)48-40(27-38(46-48)31-22-23-41(50-2)42(24-31)51-3)39-26-37(29-12-6-4-7-13-29)45-47(39)32-14-8-5-9-15-32/h4-26,40H,27H2,1-3H3. The number of carbonyl (C=O) groups is 1. The second kappa shape index (κ2) is 13.4. The summed E-state index contributed by atoms with van der Waals surface area (Å²) in [5, 5.41) is 12.6. The van der Waals surface area contributed by atoms with Crippen molar-refractivity contribution in [2.45, 2.75) is 19.4 Å². The van der Waals surface area contributed by atoms with Crippen LogP contribution in [-0.2, 0) is 0 Å². The lowest BCUT2D eigenvalue weighted by molar-refractivity contribution is 0.0708. The van der Waals surface area contributed by atoms with Crippen LogP contribution >= 0.6 is 0 Å². The summed E-state index contributed by atoms with van der Waals surface area (Å²) < 4.78 is 13.1. The molecule has 0 spiro atoms. The van der Waals surface area contributed by atoms with Gasteiger partial charge in [-0.05, 0) is 55.5 Å². The first-order valence-electron chi connectivity index (χ1n) is 16.8. The molecule has 8 nitrogen and oxygen atoms in total. The van der Waals surface area contributed by atoms with Crippen LogP contribution in [0.15, 0.2) is 145 Å². The highest BCUT2D eigenvalue weighted by atomic mass is 16.5. The maximum absolute atomic E-state index is 15.1. The smallest absolute Gasteiger partial charge is 0.275 e. The van der Waals surface area contributed by atoms with Gasteiger partial charge in [0.25, 0.3) is 5.91 Å². The van der Waals surface area contributed by atoms with Crippen molar-refractivity contribution in [1.29, 1.82) is 0 Å². The Morgan fingerprint density at radius 3 is 2.10 bits per heavy atom. The molecule has 1 aliphatic rings. The highest BCUT2D eigenvalue weighted by molar-refractivity contribution is 6.10. The Hall–Kier alpha value is -6.54. The molecule has 8 heteroatoms. The molecular formula is C43H35N5O3. The van der Waals surface area contributed by atoms with Crippen molar-refractivity contribution >= 4 is 22.5 Å². The average molecular weight is 670 g/mol. The number of amides is 1. The van der Waals surface area contributed by atoms with Crippen molar-refractivity contribution in [1.82, 2.24) is 19.8 Å². The molecule has 3 heterocycles. The van der Waals surface area contributed by atoms with Crippen LogP contribution in [0, 0.1) is 6.92 Å². The van der Waals surface area contributed by atoms with Gasteiger partial charge in [-0.1, -0.05) is 96.6 Å². The number of nitrogens with zero attached hydrogens (tertiary/aromatic N) is 5. The number of pyridine rings is 1. The molecule has 1 atom stereocenters. The summed E-state index contributed by atoms with van der Waals surface area (Å²) in [7, 11) is 3.22. The molecule has 0 radical (unpaired) electrons. The zero-order chi connectivity index (χ0) is 34.9. The number of fused-ring (bicyclic) bond motifs is 1. The summed E-state index contributed by atoms with van der Waals surface area (Å²) in [4.78, 5) is 20.1. The van der Waals surface area contributed by atoms with Crippen molar-refractivity contribution in [3.8, 4) is 39.7 Å². The van der Waals surface area contributed by atoms with E-state index in [4.69, 9.17) is 24.7 Å². The Labute approximate surface area is 296 Å². The van der Waals surface area contributed by atoms with E-state index in [0.717, 1.165) is 61.6 Å². The molecule has 250 valence electrons. The maximum Gasteiger partial charge on any atom is 0.275 e. The first-order valence-corrected chi connectivity index (χ1v) is 16.8. The van der Waals surface area contributed by atoms with E-state index < -0.39 is 6.04 Å². The third-order valence-electron chi connectivity index (χ3n) is 9.28. The third kappa shape index (κ3) is 6.01. The second-order valence-corrected chi connectivity index (χ2v) is 12.5. The van der Waals surface area contributed by atoms with E-state index in [1.54, 1.807) is 19.2 Å². The van der Waals surface area contributed by atoms with Crippen LogP contribution in [0.5, 0.6) is 11.5 Å². The molecule has 1 aliphatic heterocycles. The van der Waals surface area contributed by atoms with Gasteiger partial charge >= 0.3 is 0 Å². The van der Waals surface area contributed by atoms with E-state index in [1.807, 2.05) is 126 Å². The lowest BCUT2D eigenvalue weighted by Crippen LogP contribution is -2.29. The largest absolute Gasteiger partial charge is 0.493 e. The lowest BCUT2D eigenvalue weighted by Gasteiger charge is -2.23. The number of methoxy groups -OCH3 is 2. The van der Waals surface area contributed by atoms with Crippen LogP contribution in [0.4, 0.5) is 0 Å². The predicted molar refractivity (Wildman–Crippen MR) is 201 cm³/mol. The number of hydrogen-bond donors (Lipinski definition) is 0. The number of carbonyl (C=O) groups excluding carboxylic acids is 1. The number of benzene rings is 5. The van der Waals surface area contributed by atoms with Crippen LogP contribution in [0.3, 0.4) is 0 Å². The molecule has 0 saturated carbocycles. The molecule has 51 heavy (non-hydrogen) atoms. The minimum absolute atomic E-state index is 0.232. The normalized spacial score (nSPS) is 14.1. The van der Waals surface area contributed by atoms with Gasteiger partial charge in [-0.25, -0.2) is 14.7 Å². The minimum atomic E-state index is -0.486. The van der Waals surface area contributed by atoms with Crippen molar-refractivity contribution in [2.24, 2.45) is 5.10 Å². The van der Waals surface area contributed by atoms with Gasteiger partial charge in [-0.3, -0.25) is 4.79 Å². The van der Waals surface area contributed by atoms with Gasteiger partial charge in [-0.2, -0.15) is 10.2 Å². The van der Waals surface area contributed by atoms with Crippen molar-refractivity contribution in [2.75, 3.05) is 14.2 Å². The quantitative estimate of drug-likeness (QED) is 0.161. The number of hydrogen-bond acceptors (Lipinski definition) is 6. The zero-order valence-corrected chi connectivity index (χ0v) is 28.5. The molecule has 0 N–H and O–H groups in total. The highest BCUT2D eigenvalue weighted by Gasteiger charge is 2.37. The average Bonchev–Trinajstić information content (AvgIpc) is 3.84. The van der Waals surface area contributed by atoms with Gasteiger partial charge in [0.1, 0.15) is 6.04 Å². The summed E-state index contributed by atoms with van der Waals surface area (Å²) >= 11 is 0. The molecule has 0 aliphatic carbocycles. The SMILES string of the molecule is COc1ccc(C2=NN(C(=O)c3cc(-c4ccc(C)cc4)nc4ccccc34)C(c3cc(-c4ccccc4)nn3-c3ccccc3)C2)cc1OC. The molecule has 0 fully saturated rings. The summed E-state index contributed by atoms with van der Waals surface area (Å²) in [6, 6.07) is 45.2. The molecule has 8 rings (SSSR count). The van der Waals surface area contributed by atoms with E-state index in [2.05, 4.69) is 25.1 Å². The monoisotopic (exact) mass is 669 g/mol. The lowest BCUT2D eigenvalue weighted by atomic mass is 9.99. The Kier molecular flexibility index (Phi) is 8.33. The molecule has 1 amide bonds. The maximum atomic E-state index is 15.1. The van der Waals surface area contributed by atoms with E-state index >= 15 is 4.79 Å². The van der Waals surface area contributed by atoms with Gasteiger partial charge in [0.15, 0.2) is 11.5 Å². The molecule has 0 bridgehead atoms. The fourth-order valence-corrected chi connectivity index (χ4v) is 6.63. The van der Waals surface area contributed by atoms with Crippen LogP contribution in [-0.4, -0.2) is 45.6 Å². The minimum Gasteiger partial charge on any atom is -0.493 e. The fraction of sp³-hybridized carbons (Fsp3) is 0.116. The number of hydrazone groups is 1. The molecule has 7 aromatic rings. The molecule has 5 aromatic carbocycles. The molecule has 1 unspecified atom stereocenters. The summed E-state index contributed by atoms with van der Waals surface area (Å²) in [5.74, 6) is 0.970. The van der Waals surface area contributed by atoms with Gasteiger partial charge < -0.3 is 9.47 Å². The topological polar surface area (TPSA) is 81.8 Å². The highest BCUT2D eigenvalue weighted by Crippen LogP contribution is 2.39. The van der Waals surface area contributed by atoms with Crippen molar-refractivity contribution in [3.05, 3.63) is 162 Å². The van der Waals surface area contributed by atoms with Gasteiger partial charge in [0.05, 0.1) is 53.8 Å². The molecule has 2 aromatic heterocycles. The number of para-hydroxylation sites is 2. The second-order valence-electron chi connectivity index (χ2n) is 12.5. The van der Waals surface area contributed by atoms with E-state index in [-0.39, 0.29) is 5.91 Å². The van der Waals surface area contributed by atoms with Gasteiger partial charge in [-0.15, -0.1) is 0 Å². The summed E-state index contributed by atoms with van der Waals surface area (Å²) in [6.45, 7) is 2.05. The van der Waals surface area contributed by atoms with Crippen LogP contribution < -0.4 is 9.47 Å². The Morgan fingerprint density at radius 1 is 0.686 bits per heavy atom. The third-order valence-corrected chi connectivity index (χ3v) is 9.28. The van der Waals surface area contributed by atoms with E-state index in [0.29, 0.717) is 23.5 Å². The van der Waals surface area contributed by atoms with Crippen LogP contribution in [0.25, 0.3) is 39.1 Å². The number of aryl methyl sites for hydroxylation is 1. The number of rotatable bonds is 8. The van der Waals surface area contributed by atoms with Crippen LogP contribution in [0.2, 0.25) is 0 Å².